The van der Waals surface area contributed by atoms with Crippen LogP contribution in [0.25, 0.3) is 22.0 Å². The van der Waals surface area contributed by atoms with E-state index in [-0.39, 0.29) is 23.5 Å². The Morgan fingerprint density at radius 1 is 1.09 bits per heavy atom. The molecule has 2 N–H and O–H groups in total. The average Bonchev–Trinajstić information content (AvgIpc) is 3.22. The van der Waals surface area contributed by atoms with Gasteiger partial charge in [0, 0.05) is 28.0 Å². The van der Waals surface area contributed by atoms with Crippen molar-refractivity contribution in [3.05, 3.63) is 86.6 Å². The lowest BCUT2D eigenvalue weighted by Crippen LogP contribution is -2.22. The number of aliphatic hydroxyl groups excluding tert-OH is 1. The Bertz CT molecular complexity index is 1350. The number of benzene rings is 2. The minimum absolute atomic E-state index is 0.144. The lowest BCUT2D eigenvalue weighted by atomic mass is 9.84. The number of H-pyrrole nitrogens is 1. The number of aromatic nitrogens is 3. The van der Waals surface area contributed by atoms with Gasteiger partial charge in [0.25, 0.3) is 5.56 Å². The summed E-state index contributed by atoms with van der Waals surface area (Å²) in [6, 6.07) is 14.0. The van der Waals surface area contributed by atoms with Crippen LogP contribution >= 0.6 is 15.9 Å². The smallest absolute Gasteiger partial charge is 0.251 e. The van der Waals surface area contributed by atoms with E-state index in [0.717, 1.165) is 59.0 Å². The molecule has 7 heteroatoms. The second kappa shape index (κ2) is 8.88. The van der Waals surface area contributed by atoms with Crippen LogP contribution in [0, 0.1) is 5.82 Å². The second-order valence-electron chi connectivity index (χ2n) is 8.91. The Morgan fingerprint density at radius 2 is 1.85 bits per heavy atom. The summed E-state index contributed by atoms with van der Waals surface area (Å²) >= 11 is 3.32. The van der Waals surface area contributed by atoms with Crippen molar-refractivity contribution in [2.75, 3.05) is 0 Å². The molecule has 1 saturated carbocycles. The second-order valence-corrected chi connectivity index (χ2v) is 9.83. The van der Waals surface area contributed by atoms with Gasteiger partial charge in [-0.25, -0.2) is 4.39 Å². The fourth-order valence-corrected chi connectivity index (χ4v) is 5.32. The van der Waals surface area contributed by atoms with Crippen molar-refractivity contribution >= 4 is 26.8 Å². The molecule has 0 radical (unpaired) electrons. The number of aliphatic hydroxyl groups is 1. The number of hydrogen-bond donors (Lipinski definition) is 2. The lowest BCUT2D eigenvalue weighted by Gasteiger charge is -2.24. The van der Waals surface area contributed by atoms with E-state index in [1.807, 2.05) is 31.2 Å². The normalized spacial score (nSPS) is 19.6. The molecule has 1 aliphatic carbocycles. The largest absolute Gasteiger partial charge is 0.393 e. The standard InChI is InChI=1S/C26H25BrFN3O2/c1-15(19-10-20(27)14-21(28)11-19)31-9-8-18(13-25(31)33)17-4-7-24-23(12-17)26(30-29-24)16-2-5-22(32)6-3-16/h4,7-16,22,32H,2-3,5-6H2,1H3,(H,29,30)/t15?,16-,22-. The highest BCUT2D eigenvalue weighted by Crippen LogP contribution is 2.36. The predicted octanol–water partition coefficient (Wildman–Crippen LogP) is 5.92. The first-order valence-corrected chi connectivity index (χ1v) is 12.0. The van der Waals surface area contributed by atoms with Gasteiger partial charge >= 0.3 is 0 Å². The summed E-state index contributed by atoms with van der Waals surface area (Å²) in [5, 5.41) is 18.6. The van der Waals surface area contributed by atoms with Crippen molar-refractivity contribution in [2.24, 2.45) is 0 Å². The Hall–Kier alpha value is -2.77. The van der Waals surface area contributed by atoms with Crippen LogP contribution < -0.4 is 5.56 Å². The highest BCUT2D eigenvalue weighted by atomic mass is 79.9. The number of rotatable bonds is 4. The molecule has 0 amide bonds. The van der Waals surface area contributed by atoms with Crippen molar-refractivity contribution in [1.82, 2.24) is 14.8 Å². The zero-order chi connectivity index (χ0) is 23.1. The highest BCUT2D eigenvalue weighted by molar-refractivity contribution is 9.10. The van der Waals surface area contributed by atoms with Crippen molar-refractivity contribution in [1.29, 1.82) is 0 Å². The summed E-state index contributed by atoms with van der Waals surface area (Å²) in [7, 11) is 0. The summed E-state index contributed by atoms with van der Waals surface area (Å²) < 4.78 is 16.1. The lowest BCUT2D eigenvalue weighted by molar-refractivity contribution is 0.122. The number of aromatic amines is 1. The topological polar surface area (TPSA) is 70.9 Å². The molecule has 0 aliphatic heterocycles. The molecule has 1 aliphatic rings. The van der Waals surface area contributed by atoms with E-state index < -0.39 is 0 Å². The first kappa shape index (κ1) is 22.0. The number of halogens is 2. The fourth-order valence-electron chi connectivity index (χ4n) is 4.84. The molecular formula is C26H25BrFN3O2. The maximum Gasteiger partial charge on any atom is 0.251 e. The van der Waals surface area contributed by atoms with Crippen LogP contribution in [-0.4, -0.2) is 26.0 Å². The minimum atomic E-state index is -0.340. The van der Waals surface area contributed by atoms with Gasteiger partial charge in [0.2, 0.25) is 0 Å². The summed E-state index contributed by atoms with van der Waals surface area (Å²) in [4.78, 5) is 13.0. The molecule has 5 nitrogen and oxygen atoms in total. The van der Waals surface area contributed by atoms with Gasteiger partial charge in [-0.3, -0.25) is 9.89 Å². The van der Waals surface area contributed by atoms with Gasteiger partial charge in [-0.05, 0) is 85.7 Å². The van der Waals surface area contributed by atoms with Crippen molar-refractivity contribution in [2.45, 2.75) is 50.7 Å². The van der Waals surface area contributed by atoms with Crippen LogP contribution in [0.2, 0.25) is 0 Å². The van der Waals surface area contributed by atoms with E-state index in [9.17, 15) is 14.3 Å². The van der Waals surface area contributed by atoms with Crippen LogP contribution in [0.15, 0.2) is 64.0 Å². The Kier molecular flexibility index (Phi) is 5.93. The Labute approximate surface area is 199 Å². The summed E-state index contributed by atoms with van der Waals surface area (Å²) in [5.74, 6) is -0.00979. The molecule has 0 spiro atoms. The number of nitrogens with one attached hydrogen (secondary N) is 1. The van der Waals surface area contributed by atoms with Crippen molar-refractivity contribution in [3.63, 3.8) is 0 Å². The van der Waals surface area contributed by atoms with Crippen LogP contribution in [0.4, 0.5) is 4.39 Å². The molecule has 2 aromatic heterocycles. The molecule has 2 aromatic carbocycles. The molecule has 33 heavy (non-hydrogen) atoms. The van der Waals surface area contributed by atoms with Crippen molar-refractivity contribution < 1.29 is 9.50 Å². The maximum atomic E-state index is 13.8. The van der Waals surface area contributed by atoms with Gasteiger partial charge < -0.3 is 9.67 Å². The summed E-state index contributed by atoms with van der Waals surface area (Å²) in [6.07, 6.45) is 5.02. The molecule has 4 aromatic rings. The first-order chi connectivity index (χ1) is 15.9. The number of fused-ring (bicyclic) bond motifs is 1. The third-order valence-corrected chi connectivity index (χ3v) is 7.20. The van der Waals surface area contributed by atoms with Gasteiger partial charge in [0.1, 0.15) is 5.82 Å². The maximum absolute atomic E-state index is 13.8. The monoisotopic (exact) mass is 509 g/mol. The molecule has 1 unspecified atom stereocenters. The summed E-state index contributed by atoms with van der Waals surface area (Å²) in [5.41, 5.74) is 4.37. The zero-order valence-corrected chi connectivity index (χ0v) is 19.8. The quantitative estimate of drug-likeness (QED) is 0.358. The van der Waals surface area contributed by atoms with Crippen LogP contribution in [0.1, 0.15) is 55.8 Å². The Morgan fingerprint density at radius 3 is 2.58 bits per heavy atom. The van der Waals surface area contributed by atoms with E-state index in [2.05, 4.69) is 32.2 Å². The van der Waals surface area contributed by atoms with Gasteiger partial charge in [-0.15, -0.1) is 0 Å². The third-order valence-electron chi connectivity index (χ3n) is 6.74. The highest BCUT2D eigenvalue weighted by Gasteiger charge is 2.24. The fraction of sp³-hybridized carbons (Fsp3) is 0.308. The van der Waals surface area contributed by atoms with E-state index >= 15 is 0 Å². The SMILES string of the molecule is CC(c1cc(F)cc(Br)c1)n1ccc(-c2ccc3[nH]nc([C@H]4CC[C@H](O)CC4)c3c2)cc1=O. The molecule has 1 atom stereocenters. The van der Waals surface area contributed by atoms with Gasteiger partial charge in [-0.1, -0.05) is 22.0 Å². The molecule has 0 bridgehead atoms. The number of hydrogen-bond acceptors (Lipinski definition) is 3. The van der Waals surface area contributed by atoms with E-state index in [4.69, 9.17) is 0 Å². The zero-order valence-electron chi connectivity index (χ0n) is 18.3. The van der Waals surface area contributed by atoms with Crippen LogP contribution in [0.3, 0.4) is 0 Å². The molecular weight excluding hydrogens is 485 g/mol. The van der Waals surface area contributed by atoms with E-state index in [0.29, 0.717) is 10.4 Å². The molecule has 5 rings (SSSR count). The van der Waals surface area contributed by atoms with E-state index in [1.54, 1.807) is 16.8 Å². The minimum Gasteiger partial charge on any atom is -0.393 e. The van der Waals surface area contributed by atoms with Crippen LogP contribution in [0.5, 0.6) is 0 Å². The van der Waals surface area contributed by atoms with Crippen LogP contribution in [-0.2, 0) is 0 Å². The molecule has 0 saturated heterocycles. The van der Waals surface area contributed by atoms with Gasteiger partial charge in [0.05, 0.1) is 23.4 Å². The molecule has 1 fully saturated rings. The average molecular weight is 510 g/mol. The number of nitrogens with zero attached hydrogens (tertiary/aromatic N) is 2. The third kappa shape index (κ3) is 4.39. The van der Waals surface area contributed by atoms with Crippen molar-refractivity contribution in [3.8, 4) is 11.1 Å². The first-order valence-electron chi connectivity index (χ1n) is 11.2. The van der Waals surface area contributed by atoms with E-state index in [1.165, 1.54) is 12.1 Å². The molecule has 170 valence electrons. The van der Waals surface area contributed by atoms with Gasteiger partial charge in [0.15, 0.2) is 0 Å². The molecule has 2 heterocycles. The number of pyridine rings is 1. The Balaban J connectivity index is 1.47. The predicted molar refractivity (Wildman–Crippen MR) is 131 cm³/mol. The van der Waals surface area contributed by atoms with Gasteiger partial charge in [-0.2, -0.15) is 5.10 Å². The summed E-state index contributed by atoms with van der Waals surface area (Å²) in [6.45, 7) is 1.88.